The molecule has 3 N–H and O–H groups in total. The van der Waals surface area contributed by atoms with Gasteiger partial charge in [0, 0.05) is 0 Å². The van der Waals surface area contributed by atoms with Crippen LogP contribution in [0.15, 0.2) is 24.4 Å². The van der Waals surface area contributed by atoms with E-state index in [1.165, 1.54) is 6.20 Å². The third-order valence-corrected chi connectivity index (χ3v) is 2.75. The number of nitrogens with one attached hydrogen (secondary N) is 1. The van der Waals surface area contributed by atoms with Crippen LogP contribution in [-0.2, 0) is 0 Å². The first kappa shape index (κ1) is 12.0. The summed E-state index contributed by atoms with van der Waals surface area (Å²) in [7, 11) is 0. The SMILES string of the molecule is Cc1cccc(Cl)c1Nc1nc(Cl)ncc1N. The van der Waals surface area contributed by atoms with E-state index < -0.39 is 0 Å². The minimum atomic E-state index is 0.131. The Hall–Kier alpha value is -1.52. The Morgan fingerprint density at radius 3 is 2.76 bits per heavy atom. The number of para-hydroxylation sites is 1. The van der Waals surface area contributed by atoms with Crippen molar-refractivity contribution in [3.8, 4) is 0 Å². The Balaban J connectivity index is 2.41. The van der Waals surface area contributed by atoms with E-state index in [0.29, 0.717) is 16.5 Å². The van der Waals surface area contributed by atoms with Crippen LogP contribution in [0.3, 0.4) is 0 Å². The first-order chi connectivity index (χ1) is 8.08. The van der Waals surface area contributed by atoms with Crippen LogP contribution in [0.5, 0.6) is 0 Å². The Kier molecular flexibility index (Phi) is 3.36. The number of nitrogens with two attached hydrogens (primary N) is 1. The predicted octanol–water partition coefficient (Wildman–Crippen LogP) is 3.42. The number of nitrogens with zero attached hydrogens (tertiary/aromatic N) is 2. The summed E-state index contributed by atoms with van der Waals surface area (Å²) >= 11 is 11.8. The molecule has 0 unspecified atom stereocenters. The van der Waals surface area contributed by atoms with E-state index in [4.69, 9.17) is 28.9 Å². The molecule has 0 atom stereocenters. The van der Waals surface area contributed by atoms with Gasteiger partial charge in [0.2, 0.25) is 5.28 Å². The molecule has 0 radical (unpaired) electrons. The summed E-state index contributed by atoms with van der Waals surface area (Å²) in [4.78, 5) is 7.79. The Morgan fingerprint density at radius 2 is 2.06 bits per heavy atom. The highest BCUT2D eigenvalue weighted by Gasteiger charge is 2.08. The maximum Gasteiger partial charge on any atom is 0.224 e. The molecule has 2 rings (SSSR count). The van der Waals surface area contributed by atoms with E-state index in [-0.39, 0.29) is 5.28 Å². The summed E-state index contributed by atoms with van der Waals surface area (Å²) in [6, 6.07) is 5.60. The van der Waals surface area contributed by atoms with Gasteiger partial charge in [0.05, 0.1) is 22.6 Å². The van der Waals surface area contributed by atoms with Gasteiger partial charge in [0.15, 0.2) is 5.82 Å². The number of nitrogen functional groups attached to an aromatic ring is 1. The van der Waals surface area contributed by atoms with Crippen LogP contribution in [0.4, 0.5) is 17.2 Å². The fraction of sp³-hybridized carbons (Fsp3) is 0.0909. The second kappa shape index (κ2) is 4.77. The van der Waals surface area contributed by atoms with E-state index in [1.54, 1.807) is 6.07 Å². The van der Waals surface area contributed by atoms with Gasteiger partial charge < -0.3 is 11.1 Å². The van der Waals surface area contributed by atoms with Gasteiger partial charge in [-0.2, -0.15) is 4.98 Å². The first-order valence-corrected chi connectivity index (χ1v) is 5.63. The lowest BCUT2D eigenvalue weighted by atomic mass is 10.2. The molecular formula is C11H10Cl2N4. The van der Waals surface area contributed by atoms with Gasteiger partial charge in [-0.25, -0.2) is 4.98 Å². The number of aryl methyl sites for hydroxylation is 1. The van der Waals surface area contributed by atoms with Crippen molar-refractivity contribution in [1.82, 2.24) is 9.97 Å². The monoisotopic (exact) mass is 268 g/mol. The highest BCUT2D eigenvalue weighted by molar-refractivity contribution is 6.33. The van der Waals surface area contributed by atoms with E-state index in [0.717, 1.165) is 11.3 Å². The zero-order chi connectivity index (χ0) is 12.4. The molecule has 0 aliphatic heterocycles. The van der Waals surface area contributed by atoms with Gasteiger partial charge in [-0.3, -0.25) is 0 Å². The Bertz CT molecular complexity index is 537. The molecule has 0 amide bonds. The topological polar surface area (TPSA) is 63.8 Å². The lowest BCUT2D eigenvalue weighted by molar-refractivity contribution is 1.17. The summed E-state index contributed by atoms with van der Waals surface area (Å²) in [6.45, 7) is 1.94. The van der Waals surface area contributed by atoms with Gasteiger partial charge >= 0.3 is 0 Å². The van der Waals surface area contributed by atoms with Crippen molar-refractivity contribution >= 4 is 40.4 Å². The number of halogens is 2. The summed E-state index contributed by atoms with van der Waals surface area (Å²) < 4.78 is 0. The highest BCUT2D eigenvalue weighted by atomic mass is 35.5. The van der Waals surface area contributed by atoms with Crippen LogP contribution in [0.25, 0.3) is 0 Å². The van der Waals surface area contributed by atoms with Crippen molar-refractivity contribution in [2.24, 2.45) is 0 Å². The molecule has 6 heteroatoms. The third-order valence-electron chi connectivity index (χ3n) is 2.25. The number of rotatable bonds is 2. The average Bonchev–Trinajstić information content (AvgIpc) is 2.28. The van der Waals surface area contributed by atoms with Gasteiger partial charge in [-0.1, -0.05) is 23.7 Å². The molecule has 0 saturated carbocycles. The van der Waals surface area contributed by atoms with E-state index in [9.17, 15) is 0 Å². The van der Waals surface area contributed by atoms with Crippen molar-refractivity contribution in [1.29, 1.82) is 0 Å². The zero-order valence-corrected chi connectivity index (χ0v) is 10.5. The van der Waals surface area contributed by atoms with Crippen molar-refractivity contribution in [3.63, 3.8) is 0 Å². The molecule has 1 aromatic heterocycles. The van der Waals surface area contributed by atoms with E-state index in [1.807, 2.05) is 19.1 Å². The maximum absolute atomic E-state index is 6.09. The first-order valence-electron chi connectivity index (χ1n) is 4.88. The van der Waals surface area contributed by atoms with Crippen LogP contribution in [0.2, 0.25) is 10.3 Å². The molecule has 1 heterocycles. The molecule has 88 valence electrons. The number of anilines is 3. The van der Waals surface area contributed by atoms with Crippen molar-refractivity contribution in [3.05, 3.63) is 40.3 Å². The van der Waals surface area contributed by atoms with Crippen molar-refractivity contribution < 1.29 is 0 Å². The molecule has 0 fully saturated rings. The normalized spacial score (nSPS) is 10.3. The van der Waals surface area contributed by atoms with Gasteiger partial charge in [0.1, 0.15) is 0 Å². The molecule has 0 bridgehead atoms. The van der Waals surface area contributed by atoms with Crippen LogP contribution in [-0.4, -0.2) is 9.97 Å². The lowest BCUT2D eigenvalue weighted by Crippen LogP contribution is -2.02. The molecule has 0 aliphatic carbocycles. The van der Waals surface area contributed by atoms with E-state index >= 15 is 0 Å². The quantitative estimate of drug-likeness (QED) is 0.820. The molecule has 0 spiro atoms. The zero-order valence-electron chi connectivity index (χ0n) is 9.04. The second-order valence-electron chi connectivity index (χ2n) is 3.50. The lowest BCUT2D eigenvalue weighted by Gasteiger charge is -2.12. The molecular weight excluding hydrogens is 259 g/mol. The van der Waals surface area contributed by atoms with Crippen molar-refractivity contribution in [2.45, 2.75) is 6.92 Å². The van der Waals surface area contributed by atoms with Crippen molar-refractivity contribution in [2.75, 3.05) is 11.1 Å². The van der Waals surface area contributed by atoms with Gasteiger partial charge in [-0.15, -0.1) is 0 Å². The largest absolute Gasteiger partial charge is 0.394 e. The Labute approximate surface area is 109 Å². The third kappa shape index (κ3) is 2.60. The standard InChI is InChI=1S/C11H10Cl2N4/c1-6-3-2-4-7(12)9(6)16-10-8(14)5-15-11(13)17-10/h2-5H,14H2,1H3,(H,15,16,17). The maximum atomic E-state index is 6.09. The van der Waals surface area contributed by atoms with E-state index in [2.05, 4.69) is 15.3 Å². The Morgan fingerprint density at radius 1 is 1.29 bits per heavy atom. The minimum absolute atomic E-state index is 0.131. The van der Waals surface area contributed by atoms with Gasteiger partial charge in [-0.05, 0) is 30.2 Å². The highest BCUT2D eigenvalue weighted by Crippen LogP contribution is 2.30. The molecule has 1 aromatic carbocycles. The average molecular weight is 269 g/mol. The smallest absolute Gasteiger partial charge is 0.224 e. The second-order valence-corrected chi connectivity index (χ2v) is 4.24. The van der Waals surface area contributed by atoms with Crippen LogP contribution < -0.4 is 11.1 Å². The number of hydrogen-bond donors (Lipinski definition) is 2. The van der Waals surface area contributed by atoms with Crippen LogP contribution >= 0.6 is 23.2 Å². The molecule has 0 saturated heterocycles. The molecule has 4 nitrogen and oxygen atoms in total. The molecule has 0 aliphatic rings. The predicted molar refractivity (Wildman–Crippen MR) is 70.9 cm³/mol. The van der Waals surface area contributed by atoms with Crippen LogP contribution in [0, 0.1) is 6.92 Å². The van der Waals surface area contributed by atoms with Gasteiger partial charge in [0.25, 0.3) is 0 Å². The number of hydrogen-bond acceptors (Lipinski definition) is 4. The summed E-state index contributed by atoms with van der Waals surface area (Å²) in [5.41, 5.74) is 7.91. The fourth-order valence-corrected chi connectivity index (χ4v) is 1.78. The fourth-order valence-electron chi connectivity index (χ4n) is 1.38. The number of benzene rings is 1. The van der Waals surface area contributed by atoms with Crippen LogP contribution in [0.1, 0.15) is 5.56 Å². The summed E-state index contributed by atoms with van der Waals surface area (Å²) in [6.07, 6.45) is 1.45. The molecule has 2 aromatic rings. The summed E-state index contributed by atoms with van der Waals surface area (Å²) in [5, 5.41) is 3.78. The molecule has 17 heavy (non-hydrogen) atoms. The summed E-state index contributed by atoms with van der Waals surface area (Å²) in [5.74, 6) is 0.446. The minimum Gasteiger partial charge on any atom is -0.394 e. The number of aromatic nitrogens is 2.